The van der Waals surface area contributed by atoms with Crippen LogP contribution in [0.2, 0.25) is 5.82 Å². The van der Waals surface area contributed by atoms with Crippen LogP contribution >= 0.6 is 0 Å². The Morgan fingerprint density at radius 2 is 1.16 bits per heavy atom. The first-order valence-corrected chi connectivity index (χ1v) is 17.5. The van der Waals surface area contributed by atoms with Crippen LogP contribution in [0.25, 0.3) is 65.7 Å². The van der Waals surface area contributed by atoms with Gasteiger partial charge < -0.3 is 0 Å². The minimum Gasteiger partial charge on any atom is -0.0818 e. The molecule has 0 aliphatic heterocycles. The largest absolute Gasteiger partial charge is 0.0818 e. The molecule has 1 heteroatoms. The van der Waals surface area contributed by atoms with Gasteiger partial charge in [-0.15, -0.1) is 0 Å². The molecular formula is C48H41B. The molecule has 7 aromatic rings. The molecule has 236 valence electrons. The second kappa shape index (κ2) is 11.8. The van der Waals surface area contributed by atoms with Crippen LogP contribution in [-0.4, -0.2) is 7.85 Å². The minimum absolute atomic E-state index is 0.116. The van der Waals surface area contributed by atoms with Crippen molar-refractivity contribution < 1.29 is 0 Å². The Balaban J connectivity index is 1.58. The molecule has 0 spiro atoms. The zero-order chi connectivity index (χ0) is 34.0. The van der Waals surface area contributed by atoms with Gasteiger partial charge in [-0.2, -0.15) is 0 Å². The van der Waals surface area contributed by atoms with Crippen LogP contribution in [0, 0.1) is 6.92 Å². The number of hydrogen-bond acceptors (Lipinski definition) is 0. The fourth-order valence-corrected chi connectivity index (χ4v) is 8.55. The first-order valence-electron chi connectivity index (χ1n) is 17.5. The Labute approximate surface area is 292 Å². The second-order valence-corrected chi connectivity index (χ2v) is 14.5. The van der Waals surface area contributed by atoms with Crippen molar-refractivity contribution in [2.24, 2.45) is 0 Å². The van der Waals surface area contributed by atoms with E-state index in [9.17, 15) is 0 Å². The van der Waals surface area contributed by atoms with Crippen molar-refractivity contribution in [3.05, 3.63) is 167 Å². The molecule has 0 aromatic heterocycles. The van der Waals surface area contributed by atoms with E-state index in [0.717, 1.165) is 0 Å². The Bertz CT molecular complexity index is 2460. The average molecular weight is 629 g/mol. The standard InChI is InChI=1S/C48H41B/c1-29(2)43(33-19-9-7-17-30(33)3)40(27-31(4)49)44-35-21-11-13-23-37(35)45(38-24-14-12-22-36(38)44)47-34-20-10-8-18-32(34)28-42-46(47)39-25-15-16-26-41(39)48(42,5)6/h7-28,31H,1-6H3/b40-27+. The summed E-state index contributed by atoms with van der Waals surface area (Å²) in [5.41, 5.74) is 15.4. The smallest absolute Gasteiger partial charge is 0.0751 e. The van der Waals surface area contributed by atoms with Gasteiger partial charge in [-0.3, -0.25) is 0 Å². The molecule has 7 aromatic carbocycles. The van der Waals surface area contributed by atoms with Crippen molar-refractivity contribution in [3.8, 4) is 22.3 Å². The molecule has 2 radical (unpaired) electrons. The molecule has 1 unspecified atom stereocenters. The van der Waals surface area contributed by atoms with Crippen molar-refractivity contribution in [1.82, 2.24) is 0 Å². The predicted octanol–water partition coefficient (Wildman–Crippen LogP) is 13.3. The molecule has 0 heterocycles. The highest BCUT2D eigenvalue weighted by molar-refractivity contribution is 6.28. The van der Waals surface area contributed by atoms with Crippen LogP contribution in [0.5, 0.6) is 0 Å². The molecule has 1 aliphatic carbocycles. The third-order valence-electron chi connectivity index (χ3n) is 10.7. The summed E-state index contributed by atoms with van der Waals surface area (Å²) in [6, 6.07) is 47.3. The van der Waals surface area contributed by atoms with Gasteiger partial charge in [0.05, 0.1) is 7.85 Å². The van der Waals surface area contributed by atoms with E-state index < -0.39 is 0 Å². The van der Waals surface area contributed by atoms with E-state index in [0.29, 0.717) is 0 Å². The number of hydrogen-bond donors (Lipinski definition) is 0. The maximum atomic E-state index is 6.69. The number of fused-ring (bicyclic) bond motifs is 6. The van der Waals surface area contributed by atoms with Crippen molar-refractivity contribution >= 4 is 51.3 Å². The topological polar surface area (TPSA) is 0 Å². The van der Waals surface area contributed by atoms with Gasteiger partial charge in [0.25, 0.3) is 0 Å². The van der Waals surface area contributed by atoms with Gasteiger partial charge in [-0.25, -0.2) is 0 Å². The van der Waals surface area contributed by atoms with Crippen LogP contribution in [0.4, 0.5) is 0 Å². The minimum atomic E-state index is -0.134. The van der Waals surface area contributed by atoms with E-state index >= 15 is 0 Å². The lowest BCUT2D eigenvalue weighted by Gasteiger charge is -2.26. The summed E-state index contributed by atoms with van der Waals surface area (Å²) in [4.78, 5) is 0. The SMILES string of the molecule is [B]C(C)/C=C(\C(=C(C)C)c1ccccc1C)c1c2ccccc2c(-c2c3c(cc4ccccc24)C(C)(C)c2ccccc2-3)c2ccccc12. The number of benzene rings is 7. The van der Waals surface area contributed by atoms with Gasteiger partial charge in [0.2, 0.25) is 0 Å². The van der Waals surface area contributed by atoms with Gasteiger partial charge >= 0.3 is 0 Å². The highest BCUT2D eigenvalue weighted by Crippen LogP contribution is 2.56. The molecule has 0 saturated heterocycles. The third-order valence-corrected chi connectivity index (χ3v) is 10.7. The van der Waals surface area contributed by atoms with E-state index in [4.69, 9.17) is 7.85 Å². The summed E-state index contributed by atoms with van der Waals surface area (Å²) < 4.78 is 0. The highest BCUT2D eigenvalue weighted by Gasteiger charge is 2.38. The normalized spacial score (nSPS) is 14.2. The van der Waals surface area contributed by atoms with Crippen molar-refractivity contribution in [1.29, 1.82) is 0 Å². The Kier molecular flexibility index (Phi) is 7.49. The molecule has 0 fully saturated rings. The second-order valence-electron chi connectivity index (χ2n) is 14.5. The quantitative estimate of drug-likeness (QED) is 0.101. The summed E-state index contributed by atoms with van der Waals surface area (Å²) in [6.07, 6.45) is 2.27. The summed E-state index contributed by atoms with van der Waals surface area (Å²) >= 11 is 0. The van der Waals surface area contributed by atoms with Gasteiger partial charge in [-0.1, -0.05) is 160 Å². The highest BCUT2D eigenvalue weighted by atomic mass is 14.4. The Morgan fingerprint density at radius 1 is 0.612 bits per heavy atom. The lowest BCUT2D eigenvalue weighted by atomic mass is 9.76. The maximum absolute atomic E-state index is 6.69. The van der Waals surface area contributed by atoms with Gasteiger partial charge in [-0.05, 0) is 120 Å². The van der Waals surface area contributed by atoms with E-state index in [1.54, 1.807) is 0 Å². The predicted molar refractivity (Wildman–Crippen MR) is 215 cm³/mol. The molecule has 0 amide bonds. The van der Waals surface area contributed by atoms with Crippen LogP contribution in [0.15, 0.2) is 139 Å². The van der Waals surface area contributed by atoms with Gasteiger partial charge in [0.1, 0.15) is 0 Å². The molecular weight excluding hydrogens is 587 g/mol. The number of rotatable bonds is 5. The zero-order valence-corrected chi connectivity index (χ0v) is 29.4. The summed E-state index contributed by atoms with van der Waals surface area (Å²) in [7, 11) is 6.69. The maximum Gasteiger partial charge on any atom is 0.0751 e. The van der Waals surface area contributed by atoms with E-state index in [-0.39, 0.29) is 11.2 Å². The van der Waals surface area contributed by atoms with Gasteiger partial charge in [0.15, 0.2) is 0 Å². The van der Waals surface area contributed by atoms with E-state index in [2.05, 4.69) is 175 Å². The Morgan fingerprint density at radius 3 is 1.80 bits per heavy atom. The van der Waals surface area contributed by atoms with Crippen molar-refractivity contribution in [3.63, 3.8) is 0 Å². The lowest BCUT2D eigenvalue weighted by molar-refractivity contribution is 0.661. The third kappa shape index (κ3) is 4.82. The molecule has 0 nitrogen and oxygen atoms in total. The molecule has 0 N–H and O–H groups in total. The zero-order valence-electron chi connectivity index (χ0n) is 29.4. The molecule has 49 heavy (non-hydrogen) atoms. The monoisotopic (exact) mass is 628 g/mol. The average Bonchev–Trinajstić information content (AvgIpc) is 3.32. The molecule has 1 aliphatic rings. The Hall–Kier alpha value is -5.14. The van der Waals surface area contributed by atoms with Crippen molar-refractivity contribution in [2.45, 2.75) is 52.8 Å². The van der Waals surface area contributed by atoms with Crippen LogP contribution in [0.3, 0.4) is 0 Å². The molecule has 0 bridgehead atoms. The summed E-state index contributed by atoms with van der Waals surface area (Å²) in [5.74, 6) is -0.134. The fraction of sp³-hybridized carbons (Fsp3) is 0.167. The number of allylic oxidation sites excluding steroid dienone is 4. The molecule has 8 rings (SSSR count). The fourth-order valence-electron chi connectivity index (χ4n) is 8.55. The molecule has 0 saturated carbocycles. The summed E-state index contributed by atoms with van der Waals surface area (Å²) in [6.45, 7) is 13.5. The summed E-state index contributed by atoms with van der Waals surface area (Å²) in [5, 5.41) is 7.55. The van der Waals surface area contributed by atoms with Gasteiger partial charge in [0, 0.05) is 5.41 Å². The van der Waals surface area contributed by atoms with Crippen molar-refractivity contribution in [2.75, 3.05) is 0 Å². The van der Waals surface area contributed by atoms with E-state index in [1.807, 2.05) is 0 Å². The van der Waals surface area contributed by atoms with Crippen LogP contribution in [-0.2, 0) is 5.41 Å². The van der Waals surface area contributed by atoms with E-state index in [1.165, 1.54) is 99.1 Å². The number of aryl methyl sites for hydroxylation is 1. The first kappa shape index (κ1) is 31.2. The first-order chi connectivity index (χ1) is 23.7. The lowest BCUT2D eigenvalue weighted by Crippen LogP contribution is -2.15. The molecule has 1 atom stereocenters. The van der Waals surface area contributed by atoms with Crippen LogP contribution in [0.1, 0.15) is 62.4 Å². The van der Waals surface area contributed by atoms with Crippen LogP contribution < -0.4 is 0 Å².